The van der Waals surface area contributed by atoms with Crippen LogP contribution in [0.4, 0.5) is 17.6 Å². The fourth-order valence-electron chi connectivity index (χ4n) is 0.360. The van der Waals surface area contributed by atoms with E-state index in [1.54, 1.807) is 0 Å². The SMILES string of the molecule is O=C(CCC(F)F)C(F)F. The summed E-state index contributed by atoms with van der Waals surface area (Å²) in [6, 6.07) is 0. The molecule has 0 N–H and O–H groups in total. The Morgan fingerprint density at radius 1 is 1.20 bits per heavy atom. The van der Waals surface area contributed by atoms with E-state index in [4.69, 9.17) is 0 Å². The largest absolute Gasteiger partial charge is 0.295 e. The molecule has 0 saturated heterocycles. The lowest BCUT2D eigenvalue weighted by Crippen LogP contribution is -2.10. The van der Waals surface area contributed by atoms with Gasteiger partial charge in [-0.15, -0.1) is 0 Å². The van der Waals surface area contributed by atoms with Gasteiger partial charge in [0.15, 0.2) is 5.78 Å². The van der Waals surface area contributed by atoms with E-state index >= 15 is 0 Å². The maximum absolute atomic E-state index is 11.3. The van der Waals surface area contributed by atoms with E-state index < -0.39 is 31.5 Å². The number of carbonyl (C=O) groups excluding carboxylic acids is 1. The van der Waals surface area contributed by atoms with Crippen molar-refractivity contribution in [2.75, 3.05) is 0 Å². The van der Waals surface area contributed by atoms with Crippen LogP contribution in [0.15, 0.2) is 0 Å². The Morgan fingerprint density at radius 2 is 1.70 bits per heavy atom. The molecule has 0 amide bonds. The summed E-state index contributed by atoms with van der Waals surface area (Å²) in [7, 11) is 0. The van der Waals surface area contributed by atoms with E-state index in [0.717, 1.165) is 0 Å². The standard InChI is InChI=1S/C5H6F4O/c6-4(7)2-1-3(10)5(8)9/h4-5H,1-2H2. The van der Waals surface area contributed by atoms with Gasteiger partial charge in [0.1, 0.15) is 0 Å². The summed E-state index contributed by atoms with van der Waals surface area (Å²) in [4.78, 5) is 9.96. The Morgan fingerprint density at radius 3 is 2.00 bits per heavy atom. The van der Waals surface area contributed by atoms with E-state index in [2.05, 4.69) is 0 Å². The van der Waals surface area contributed by atoms with Gasteiger partial charge in [0.25, 0.3) is 6.43 Å². The molecule has 60 valence electrons. The third-order valence-corrected chi connectivity index (χ3v) is 0.852. The zero-order valence-electron chi connectivity index (χ0n) is 4.99. The van der Waals surface area contributed by atoms with Crippen LogP contribution in [0, 0.1) is 0 Å². The third-order valence-electron chi connectivity index (χ3n) is 0.852. The maximum atomic E-state index is 11.3. The van der Waals surface area contributed by atoms with E-state index in [0.29, 0.717) is 0 Å². The van der Waals surface area contributed by atoms with Crippen LogP contribution in [0.5, 0.6) is 0 Å². The number of ketones is 1. The number of carbonyl (C=O) groups is 1. The summed E-state index contributed by atoms with van der Waals surface area (Å²) in [5.41, 5.74) is 0. The molecule has 0 heterocycles. The minimum atomic E-state index is -3.11. The topological polar surface area (TPSA) is 17.1 Å². The Labute approximate surface area is 55.0 Å². The lowest BCUT2D eigenvalue weighted by atomic mass is 10.2. The summed E-state index contributed by atoms with van der Waals surface area (Å²) >= 11 is 0. The lowest BCUT2D eigenvalue weighted by Gasteiger charge is -1.96. The minimum absolute atomic E-state index is 0.741. The van der Waals surface area contributed by atoms with Crippen molar-refractivity contribution in [1.82, 2.24) is 0 Å². The van der Waals surface area contributed by atoms with Gasteiger partial charge in [0.2, 0.25) is 6.43 Å². The summed E-state index contributed by atoms with van der Waals surface area (Å²) in [5, 5.41) is 0. The van der Waals surface area contributed by atoms with Crippen molar-refractivity contribution in [1.29, 1.82) is 0 Å². The first-order valence-corrected chi connectivity index (χ1v) is 2.63. The highest BCUT2D eigenvalue weighted by molar-refractivity contribution is 5.81. The molecule has 0 saturated carbocycles. The Bertz CT molecular complexity index is 112. The van der Waals surface area contributed by atoms with Crippen LogP contribution in [0.3, 0.4) is 0 Å². The van der Waals surface area contributed by atoms with Gasteiger partial charge in [-0.2, -0.15) is 0 Å². The highest BCUT2D eigenvalue weighted by Crippen LogP contribution is 2.06. The average Bonchev–Trinajstić information content (AvgIpc) is 1.82. The van der Waals surface area contributed by atoms with Crippen molar-refractivity contribution in [3.8, 4) is 0 Å². The Balaban J connectivity index is 3.40. The molecule has 0 aliphatic heterocycles. The monoisotopic (exact) mass is 158 g/mol. The fourth-order valence-corrected chi connectivity index (χ4v) is 0.360. The predicted molar refractivity (Wildman–Crippen MR) is 26.2 cm³/mol. The number of rotatable bonds is 4. The summed E-state index contributed by atoms with van der Waals surface area (Å²) < 4.78 is 45.1. The molecule has 1 nitrogen and oxygen atoms in total. The molecule has 0 aromatic heterocycles. The first kappa shape index (κ1) is 9.39. The normalized spacial score (nSPS) is 11.0. The Kier molecular flexibility index (Phi) is 3.99. The summed E-state index contributed by atoms with van der Waals surface area (Å²) in [6.07, 6.45) is -7.31. The van der Waals surface area contributed by atoms with Gasteiger partial charge < -0.3 is 0 Å². The molecular weight excluding hydrogens is 152 g/mol. The van der Waals surface area contributed by atoms with Crippen LogP contribution >= 0.6 is 0 Å². The molecule has 0 bridgehead atoms. The van der Waals surface area contributed by atoms with E-state index in [9.17, 15) is 22.4 Å². The molecule has 0 rings (SSSR count). The Hall–Kier alpha value is -0.610. The lowest BCUT2D eigenvalue weighted by molar-refractivity contribution is -0.130. The van der Waals surface area contributed by atoms with Gasteiger partial charge in [-0.3, -0.25) is 4.79 Å². The van der Waals surface area contributed by atoms with Crippen LogP contribution in [-0.2, 0) is 4.79 Å². The number of hydrogen-bond acceptors (Lipinski definition) is 1. The quantitative estimate of drug-likeness (QED) is 0.570. The van der Waals surface area contributed by atoms with Crippen molar-refractivity contribution in [2.45, 2.75) is 25.7 Å². The van der Waals surface area contributed by atoms with Gasteiger partial charge >= 0.3 is 0 Å². The molecular formula is C5H6F4O. The van der Waals surface area contributed by atoms with E-state index in [1.807, 2.05) is 0 Å². The van der Waals surface area contributed by atoms with Crippen LogP contribution in [0.2, 0.25) is 0 Å². The smallest absolute Gasteiger partial charge is 0.293 e. The molecule has 0 aromatic carbocycles. The highest BCUT2D eigenvalue weighted by Gasteiger charge is 2.16. The minimum Gasteiger partial charge on any atom is -0.293 e. The van der Waals surface area contributed by atoms with Crippen molar-refractivity contribution >= 4 is 5.78 Å². The molecule has 5 heteroatoms. The molecule has 10 heavy (non-hydrogen) atoms. The number of halogens is 4. The maximum Gasteiger partial charge on any atom is 0.295 e. The molecule has 0 unspecified atom stereocenters. The second kappa shape index (κ2) is 4.24. The van der Waals surface area contributed by atoms with Crippen LogP contribution < -0.4 is 0 Å². The van der Waals surface area contributed by atoms with E-state index in [-0.39, 0.29) is 0 Å². The van der Waals surface area contributed by atoms with Gasteiger partial charge in [-0.1, -0.05) is 0 Å². The van der Waals surface area contributed by atoms with Gasteiger partial charge in [0.05, 0.1) is 0 Å². The highest BCUT2D eigenvalue weighted by atomic mass is 19.3. The van der Waals surface area contributed by atoms with Crippen molar-refractivity contribution in [3.63, 3.8) is 0 Å². The van der Waals surface area contributed by atoms with E-state index in [1.165, 1.54) is 0 Å². The molecule has 0 fully saturated rings. The zero-order chi connectivity index (χ0) is 8.15. The molecule has 0 atom stereocenters. The van der Waals surface area contributed by atoms with Crippen molar-refractivity contribution < 1.29 is 22.4 Å². The van der Waals surface area contributed by atoms with Crippen molar-refractivity contribution in [2.24, 2.45) is 0 Å². The van der Waals surface area contributed by atoms with Crippen LogP contribution in [0.25, 0.3) is 0 Å². The van der Waals surface area contributed by atoms with Gasteiger partial charge in [0, 0.05) is 12.8 Å². The third kappa shape index (κ3) is 4.29. The second-order valence-corrected chi connectivity index (χ2v) is 1.70. The predicted octanol–water partition coefficient (Wildman–Crippen LogP) is 1.87. The summed E-state index contributed by atoms with van der Waals surface area (Å²) in [5.74, 6) is -1.42. The van der Waals surface area contributed by atoms with Crippen LogP contribution in [-0.4, -0.2) is 18.6 Å². The summed E-state index contributed by atoms with van der Waals surface area (Å²) in [6.45, 7) is 0. The van der Waals surface area contributed by atoms with Gasteiger partial charge in [-0.05, 0) is 0 Å². The number of Topliss-reactive ketones (excluding diaryl/α,β-unsaturated/α-hetero) is 1. The zero-order valence-corrected chi connectivity index (χ0v) is 4.99. The number of alkyl halides is 4. The molecule has 0 aromatic rings. The van der Waals surface area contributed by atoms with Crippen molar-refractivity contribution in [3.05, 3.63) is 0 Å². The molecule has 0 spiro atoms. The second-order valence-electron chi connectivity index (χ2n) is 1.70. The first-order valence-electron chi connectivity index (χ1n) is 2.63. The molecule has 0 aliphatic rings. The van der Waals surface area contributed by atoms with Crippen LogP contribution in [0.1, 0.15) is 12.8 Å². The molecule has 0 aliphatic carbocycles. The fraction of sp³-hybridized carbons (Fsp3) is 0.800. The van der Waals surface area contributed by atoms with Gasteiger partial charge in [-0.25, -0.2) is 17.6 Å². The molecule has 0 radical (unpaired) electrons. The first-order chi connectivity index (χ1) is 4.54. The number of hydrogen-bond donors (Lipinski definition) is 0. The average molecular weight is 158 g/mol.